The van der Waals surface area contributed by atoms with Gasteiger partial charge in [-0.05, 0) is 37.9 Å². The molecule has 1 aliphatic heterocycles. The number of nitrogens with one attached hydrogen (secondary N) is 1. The molecule has 1 heterocycles. The van der Waals surface area contributed by atoms with Crippen LogP contribution >= 0.6 is 11.8 Å². The second kappa shape index (κ2) is 7.29. The van der Waals surface area contributed by atoms with Crippen LogP contribution in [0.5, 0.6) is 0 Å². The van der Waals surface area contributed by atoms with E-state index in [0.29, 0.717) is 12.1 Å². The maximum atomic E-state index is 5.76. The number of ether oxygens (including phenoxy) is 1. The zero-order valence-corrected chi connectivity index (χ0v) is 12.9. The van der Waals surface area contributed by atoms with Crippen molar-refractivity contribution in [2.75, 3.05) is 39.5 Å². The minimum Gasteiger partial charge on any atom is -0.374 e. The van der Waals surface area contributed by atoms with Crippen molar-refractivity contribution in [3.05, 3.63) is 29.8 Å². The summed E-state index contributed by atoms with van der Waals surface area (Å²) < 4.78 is 5.76. The quantitative estimate of drug-likeness (QED) is 0.837. The Kier molecular flexibility index (Phi) is 5.70. The Labute approximate surface area is 120 Å². The fourth-order valence-corrected chi connectivity index (χ4v) is 2.95. The number of likely N-dealkylation sites (N-methyl/N-ethyl adjacent to an activating group) is 1. The third kappa shape index (κ3) is 3.96. The van der Waals surface area contributed by atoms with Crippen molar-refractivity contribution in [1.29, 1.82) is 0 Å². The summed E-state index contributed by atoms with van der Waals surface area (Å²) in [5.74, 6) is 0. The lowest BCUT2D eigenvalue weighted by molar-refractivity contribution is -0.0393. The lowest BCUT2D eigenvalue weighted by atomic mass is 10.1. The molecule has 2 rings (SSSR count). The summed E-state index contributed by atoms with van der Waals surface area (Å²) in [6.07, 6.45) is 2.43. The van der Waals surface area contributed by atoms with E-state index in [2.05, 4.69) is 47.7 Å². The molecular formula is C15H24N2OS. The minimum absolute atomic E-state index is 0.312. The van der Waals surface area contributed by atoms with E-state index in [1.54, 1.807) is 11.8 Å². The molecule has 1 aromatic carbocycles. The summed E-state index contributed by atoms with van der Waals surface area (Å²) in [5.41, 5.74) is 1.39. The Hall–Kier alpha value is -0.550. The monoisotopic (exact) mass is 280 g/mol. The molecule has 1 saturated heterocycles. The summed E-state index contributed by atoms with van der Waals surface area (Å²) in [4.78, 5) is 3.84. The first kappa shape index (κ1) is 14.9. The zero-order valence-electron chi connectivity index (χ0n) is 12.1. The molecule has 0 bridgehead atoms. The van der Waals surface area contributed by atoms with Gasteiger partial charge in [0.15, 0.2) is 0 Å². The van der Waals surface area contributed by atoms with E-state index in [0.717, 1.165) is 26.2 Å². The van der Waals surface area contributed by atoms with E-state index in [1.165, 1.54) is 10.5 Å². The summed E-state index contributed by atoms with van der Waals surface area (Å²) in [6.45, 7) is 6.07. The molecule has 1 aromatic rings. The molecule has 0 aromatic heterocycles. The molecule has 2 atom stereocenters. The van der Waals surface area contributed by atoms with Gasteiger partial charge in [0.1, 0.15) is 0 Å². The van der Waals surface area contributed by atoms with Gasteiger partial charge < -0.3 is 10.1 Å². The maximum Gasteiger partial charge on any atom is 0.0826 e. The molecule has 0 radical (unpaired) electrons. The van der Waals surface area contributed by atoms with Crippen LogP contribution in [0.2, 0.25) is 0 Å². The molecule has 3 nitrogen and oxygen atoms in total. The number of hydrogen-bond acceptors (Lipinski definition) is 4. The number of rotatable bonds is 5. The van der Waals surface area contributed by atoms with E-state index in [1.807, 2.05) is 7.05 Å². The van der Waals surface area contributed by atoms with Crippen molar-refractivity contribution in [3.63, 3.8) is 0 Å². The van der Waals surface area contributed by atoms with Gasteiger partial charge in [-0.25, -0.2) is 0 Å². The van der Waals surface area contributed by atoms with Crippen molar-refractivity contribution in [2.45, 2.75) is 24.0 Å². The van der Waals surface area contributed by atoms with E-state index in [4.69, 9.17) is 4.74 Å². The van der Waals surface area contributed by atoms with Crippen molar-refractivity contribution >= 4 is 11.8 Å². The summed E-state index contributed by atoms with van der Waals surface area (Å²) in [5, 5.41) is 3.20. The van der Waals surface area contributed by atoms with Gasteiger partial charge >= 0.3 is 0 Å². The summed E-state index contributed by atoms with van der Waals surface area (Å²) in [6, 6.07) is 9.38. The Morgan fingerprint density at radius 1 is 1.42 bits per heavy atom. The fraction of sp³-hybridized carbons (Fsp3) is 0.600. The molecule has 2 unspecified atom stereocenters. The first-order valence-corrected chi connectivity index (χ1v) is 8.11. The Morgan fingerprint density at radius 2 is 2.16 bits per heavy atom. The summed E-state index contributed by atoms with van der Waals surface area (Å²) >= 11 is 1.79. The second-order valence-electron chi connectivity index (χ2n) is 4.99. The minimum atomic E-state index is 0.312. The number of benzene rings is 1. The zero-order chi connectivity index (χ0) is 13.7. The van der Waals surface area contributed by atoms with Crippen LogP contribution in [-0.4, -0.2) is 50.5 Å². The lowest BCUT2D eigenvalue weighted by Crippen LogP contribution is -2.46. The number of nitrogens with zero attached hydrogens (tertiary/aromatic N) is 1. The highest BCUT2D eigenvalue weighted by atomic mass is 32.2. The fourth-order valence-electron chi connectivity index (χ4n) is 2.54. The largest absolute Gasteiger partial charge is 0.374 e. The number of thioether (sulfide) groups is 1. The molecule has 19 heavy (non-hydrogen) atoms. The van der Waals surface area contributed by atoms with Crippen LogP contribution in [0.3, 0.4) is 0 Å². The topological polar surface area (TPSA) is 24.5 Å². The van der Waals surface area contributed by atoms with Gasteiger partial charge in [0, 0.05) is 30.6 Å². The third-order valence-corrected chi connectivity index (χ3v) is 4.49. The SMILES string of the molecule is CNCC1CN(C(C)c2ccc(SC)cc2)CCO1. The van der Waals surface area contributed by atoms with Crippen LogP contribution in [-0.2, 0) is 4.74 Å². The first-order chi connectivity index (χ1) is 9.24. The van der Waals surface area contributed by atoms with E-state index in [9.17, 15) is 0 Å². The van der Waals surface area contributed by atoms with E-state index < -0.39 is 0 Å². The van der Waals surface area contributed by atoms with Crippen molar-refractivity contribution in [2.24, 2.45) is 0 Å². The predicted octanol–water partition coefficient (Wildman–Crippen LogP) is 2.39. The van der Waals surface area contributed by atoms with Gasteiger partial charge in [-0.15, -0.1) is 11.8 Å². The van der Waals surface area contributed by atoms with Crippen LogP contribution in [0.15, 0.2) is 29.2 Å². The molecule has 0 spiro atoms. The van der Waals surface area contributed by atoms with Gasteiger partial charge in [-0.3, -0.25) is 4.90 Å². The molecule has 1 aliphatic rings. The lowest BCUT2D eigenvalue weighted by Gasteiger charge is -2.37. The smallest absolute Gasteiger partial charge is 0.0826 e. The van der Waals surface area contributed by atoms with Crippen LogP contribution in [0.1, 0.15) is 18.5 Å². The average Bonchev–Trinajstić information content (AvgIpc) is 2.47. The van der Waals surface area contributed by atoms with Gasteiger partial charge in [-0.1, -0.05) is 12.1 Å². The molecule has 1 N–H and O–H groups in total. The van der Waals surface area contributed by atoms with Gasteiger partial charge in [0.2, 0.25) is 0 Å². The highest BCUT2D eigenvalue weighted by Crippen LogP contribution is 2.24. The molecule has 106 valence electrons. The van der Waals surface area contributed by atoms with Crippen molar-refractivity contribution in [3.8, 4) is 0 Å². The molecule has 1 fully saturated rings. The highest BCUT2D eigenvalue weighted by molar-refractivity contribution is 7.98. The highest BCUT2D eigenvalue weighted by Gasteiger charge is 2.24. The normalized spacial score (nSPS) is 22.4. The average molecular weight is 280 g/mol. The number of morpholine rings is 1. The third-order valence-electron chi connectivity index (χ3n) is 3.75. The molecule has 4 heteroatoms. The molecule has 0 aliphatic carbocycles. The summed E-state index contributed by atoms with van der Waals surface area (Å²) in [7, 11) is 1.98. The van der Waals surface area contributed by atoms with Gasteiger partial charge in [0.25, 0.3) is 0 Å². The maximum absolute atomic E-state index is 5.76. The van der Waals surface area contributed by atoms with E-state index in [-0.39, 0.29) is 0 Å². The number of hydrogen-bond donors (Lipinski definition) is 1. The van der Waals surface area contributed by atoms with E-state index >= 15 is 0 Å². The molecular weight excluding hydrogens is 256 g/mol. The Balaban J connectivity index is 1.99. The molecule has 0 amide bonds. The van der Waals surface area contributed by atoms with Crippen molar-refractivity contribution < 1.29 is 4.74 Å². The van der Waals surface area contributed by atoms with Crippen LogP contribution in [0.4, 0.5) is 0 Å². The van der Waals surface area contributed by atoms with Gasteiger partial charge in [-0.2, -0.15) is 0 Å². The second-order valence-corrected chi connectivity index (χ2v) is 5.87. The van der Waals surface area contributed by atoms with Crippen LogP contribution in [0.25, 0.3) is 0 Å². The molecule has 0 saturated carbocycles. The van der Waals surface area contributed by atoms with Crippen molar-refractivity contribution in [1.82, 2.24) is 10.2 Å². The van der Waals surface area contributed by atoms with Gasteiger partial charge in [0.05, 0.1) is 12.7 Å². The van der Waals surface area contributed by atoms with Crippen LogP contribution in [0, 0.1) is 0 Å². The predicted molar refractivity (Wildman–Crippen MR) is 81.9 cm³/mol. The first-order valence-electron chi connectivity index (χ1n) is 6.88. The Bertz CT molecular complexity index is 380. The standard InChI is InChI=1S/C15H24N2OS/c1-12(13-4-6-15(19-3)7-5-13)17-8-9-18-14(11-17)10-16-2/h4-7,12,14,16H,8-11H2,1-3H3. The van der Waals surface area contributed by atoms with Crippen LogP contribution < -0.4 is 5.32 Å². The Morgan fingerprint density at radius 3 is 2.79 bits per heavy atom.